The van der Waals surface area contributed by atoms with E-state index in [9.17, 15) is 4.79 Å². The molecule has 8 heteroatoms. The summed E-state index contributed by atoms with van der Waals surface area (Å²) in [4.78, 5) is 16.6. The summed E-state index contributed by atoms with van der Waals surface area (Å²) in [5, 5.41) is 6.10. The minimum absolute atomic E-state index is 0. The monoisotopic (exact) mass is 360 g/mol. The summed E-state index contributed by atoms with van der Waals surface area (Å²) in [6.07, 6.45) is 2.80. The third-order valence-electron chi connectivity index (χ3n) is 3.93. The molecule has 0 bridgehead atoms. The van der Waals surface area contributed by atoms with Crippen LogP contribution in [0.15, 0.2) is 24.4 Å². The zero-order chi connectivity index (χ0) is 14.8. The highest BCUT2D eigenvalue weighted by Crippen LogP contribution is 2.11. The number of ether oxygens (including phenoxy) is 1. The molecular weight excluding hydrogens is 339 g/mol. The van der Waals surface area contributed by atoms with Gasteiger partial charge in [0.15, 0.2) is 0 Å². The predicted molar refractivity (Wildman–Crippen MR) is 93.5 cm³/mol. The molecule has 2 aromatic heterocycles. The molecule has 1 aliphatic rings. The van der Waals surface area contributed by atoms with Crippen LogP contribution in [0.2, 0.25) is 0 Å². The smallest absolute Gasteiger partial charge is 0.237 e. The molecule has 1 saturated heterocycles. The average molecular weight is 361 g/mol. The van der Waals surface area contributed by atoms with Gasteiger partial charge < -0.3 is 19.8 Å². The summed E-state index contributed by atoms with van der Waals surface area (Å²) in [6, 6.07) is 5.80. The first kappa shape index (κ1) is 19.7. The van der Waals surface area contributed by atoms with Crippen molar-refractivity contribution >= 4 is 36.4 Å². The van der Waals surface area contributed by atoms with Crippen LogP contribution in [0, 0.1) is 6.92 Å². The lowest BCUT2D eigenvalue weighted by Crippen LogP contribution is -2.40. The zero-order valence-electron chi connectivity index (χ0n) is 13.1. The quantitative estimate of drug-likeness (QED) is 0.866. The van der Waals surface area contributed by atoms with Crippen molar-refractivity contribution in [1.29, 1.82) is 0 Å². The Morgan fingerprint density at radius 3 is 2.91 bits per heavy atom. The van der Waals surface area contributed by atoms with E-state index in [0.29, 0.717) is 13.0 Å². The van der Waals surface area contributed by atoms with E-state index >= 15 is 0 Å². The van der Waals surface area contributed by atoms with Crippen LogP contribution in [0.5, 0.6) is 0 Å². The molecule has 2 N–H and O–H groups in total. The first-order chi connectivity index (χ1) is 10.2. The molecule has 128 valence electrons. The Balaban J connectivity index is 0.00000132. The highest BCUT2D eigenvalue weighted by molar-refractivity contribution is 5.85. The highest BCUT2D eigenvalue weighted by Gasteiger charge is 2.29. The molecule has 0 aliphatic carbocycles. The second-order valence-corrected chi connectivity index (χ2v) is 5.40. The van der Waals surface area contributed by atoms with Crippen molar-refractivity contribution < 1.29 is 9.53 Å². The lowest BCUT2D eigenvalue weighted by molar-refractivity contribution is -0.123. The van der Waals surface area contributed by atoms with Gasteiger partial charge in [0.25, 0.3) is 0 Å². The number of carbonyl (C=O) groups is 1. The molecule has 1 aliphatic heterocycles. The molecule has 23 heavy (non-hydrogen) atoms. The standard InChI is InChI=1S/C15H20N4O2.2ClH/c1-10-4-3-5-14-18-11(9-19(10)14)7-17-15(20)13-6-12(21-2)8-16-13;;/h3-5,9,12-13,16H,6-8H2,1-2H3,(H,17,20);2*1H/t12-,13-;;/m0../s1. The number of amides is 1. The van der Waals surface area contributed by atoms with Crippen molar-refractivity contribution in [1.82, 2.24) is 20.0 Å². The molecule has 0 saturated carbocycles. The molecule has 3 rings (SSSR count). The van der Waals surface area contributed by atoms with Gasteiger partial charge in [-0.15, -0.1) is 24.8 Å². The third-order valence-corrected chi connectivity index (χ3v) is 3.93. The number of hydrogen-bond acceptors (Lipinski definition) is 4. The Kier molecular flexibility index (Phi) is 7.28. The van der Waals surface area contributed by atoms with E-state index < -0.39 is 0 Å². The minimum Gasteiger partial charge on any atom is -0.380 e. The number of nitrogens with zero attached hydrogens (tertiary/aromatic N) is 2. The molecule has 6 nitrogen and oxygen atoms in total. The fourth-order valence-corrected chi connectivity index (χ4v) is 2.67. The van der Waals surface area contributed by atoms with Crippen molar-refractivity contribution in [3.05, 3.63) is 35.8 Å². The number of rotatable bonds is 4. The van der Waals surface area contributed by atoms with Crippen LogP contribution in [-0.2, 0) is 16.1 Å². The molecule has 0 radical (unpaired) electrons. The summed E-state index contributed by atoms with van der Waals surface area (Å²) in [5.41, 5.74) is 2.88. The number of imidazole rings is 1. The molecule has 1 amide bonds. The molecule has 2 aromatic rings. The van der Waals surface area contributed by atoms with Crippen LogP contribution in [0.25, 0.3) is 5.65 Å². The first-order valence-corrected chi connectivity index (χ1v) is 7.15. The third kappa shape index (κ3) is 4.35. The van der Waals surface area contributed by atoms with Crippen LogP contribution >= 0.6 is 24.8 Å². The van der Waals surface area contributed by atoms with Gasteiger partial charge in [0.1, 0.15) is 5.65 Å². The SMILES string of the molecule is CO[C@@H]1CN[C@H](C(=O)NCc2cn3c(C)cccc3n2)C1.Cl.Cl. The molecule has 0 spiro atoms. The molecule has 0 aromatic carbocycles. The van der Waals surface area contributed by atoms with Gasteiger partial charge in [0.05, 0.1) is 24.4 Å². The van der Waals surface area contributed by atoms with Crippen molar-refractivity contribution in [2.75, 3.05) is 13.7 Å². The van der Waals surface area contributed by atoms with E-state index in [1.807, 2.05) is 35.7 Å². The lowest BCUT2D eigenvalue weighted by Gasteiger charge is -2.10. The Morgan fingerprint density at radius 2 is 2.26 bits per heavy atom. The Bertz CT molecular complexity index is 662. The summed E-state index contributed by atoms with van der Waals surface area (Å²) in [7, 11) is 1.67. The maximum absolute atomic E-state index is 12.1. The van der Waals surface area contributed by atoms with Crippen LogP contribution < -0.4 is 10.6 Å². The van der Waals surface area contributed by atoms with Crippen molar-refractivity contribution in [2.45, 2.75) is 32.0 Å². The Morgan fingerprint density at radius 1 is 1.48 bits per heavy atom. The van der Waals surface area contributed by atoms with Gasteiger partial charge >= 0.3 is 0 Å². The molecule has 0 unspecified atom stereocenters. The number of hydrogen-bond donors (Lipinski definition) is 2. The molecular formula is C15H22Cl2N4O2. The van der Waals surface area contributed by atoms with Crippen molar-refractivity contribution in [3.63, 3.8) is 0 Å². The van der Waals surface area contributed by atoms with E-state index in [2.05, 4.69) is 15.6 Å². The van der Waals surface area contributed by atoms with Gasteiger partial charge in [-0.05, 0) is 25.5 Å². The summed E-state index contributed by atoms with van der Waals surface area (Å²) in [5.74, 6) is 0.00308. The fraction of sp³-hybridized carbons (Fsp3) is 0.467. The molecule has 1 fully saturated rings. The predicted octanol–water partition coefficient (Wildman–Crippen LogP) is 1.48. The lowest BCUT2D eigenvalue weighted by atomic mass is 10.2. The van der Waals surface area contributed by atoms with E-state index in [4.69, 9.17) is 4.74 Å². The maximum Gasteiger partial charge on any atom is 0.237 e. The summed E-state index contributed by atoms with van der Waals surface area (Å²) in [6.45, 7) is 3.20. The summed E-state index contributed by atoms with van der Waals surface area (Å²) >= 11 is 0. The van der Waals surface area contributed by atoms with Crippen LogP contribution in [0.4, 0.5) is 0 Å². The highest BCUT2D eigenvalue weighted by atomic mass is 35.5. The topological polar surface area (TPSA) is 67.7 Å². The minimum atomic E-state index is -0.172. The van der Waals surface area contributed by atoms with Crippen LogP contribution in [0.3, 0.4) is 0 Å². The van der Waals surface area contributed by atoms with E-state index in [1.165, 1.54) is 0 Å². The zero-order valence-corrected chi connectivity index (χ0v) is 14.7. The number of fused-ring (bicyclic) bond motifs is 1. The van der Waals surface area contributed by atoms with Gasteiger partial charge in [-0.25, -0.2) is 4.98 Å². The van der Waals surface area contributed by atoms with Crippen LogP contribution in [-0.4, -0.2) is 41.1 Å². The van der Waals surface area contributed by atoms with Gasteiger partial charge in [-0.3, -0.25) is 4.79 Å². The van der Waals surface area contributed by atoms with Gasteiger partial charge in [-0.2, -0.15) is 0 Å². The largest absolute Gasteiger partial charge is 0.380 e. The normalized spacial score (nSPS) is 19.9. The summed E-state index contributed by atoms with van der Waals surface area (Å²) < 4.78 is 7.27. The first-order valence-electron chi connectivity index (χ1n) is 7.15. The van der Waals surface area contributed by atoms with E-state index in [1.54, 1.807) is 7.11 Å². The van der Waals surface area contributed by atoms with Crippen molar-refractivity contribution in [2.24, 2.45) is 0 Å². The van der Waals surface area contributed by atoms with E-state index in [0.717, 1.165) is 23.6 Å². The number of pyridine rings is 1. The van der Waals surface area contributed by atoms with Gasteiger partial charge in [0.2, 0.25) is 5.91 Å². The number of carbonyl (C=O) groups excluding carboxylic acids is 1. The van der Waals surface area contributed by atoms with Crippen LogP contribution in [0.1, 0.15) is 17.8 Å². The number of nitrogens with one attached hydrogen (secondary N) is 2. The second-order valence-electron chi connectivity index (χ2n) is 5.40. The van der Waals surface area contributed by atoms with Crippen molar-refractivity contribution in [3.8, 4) is 0 Å². The Hall–Kier alpha value is -1.34. The average Bonchev–Trinajstić information content (AvgIpc) is 3.12. The second kappa shape index (κ2) is 8.49. The van der Waals surface area contributed by atoms with E-state index in [-0.39, 0.29) is 42.9 Å². The number of aromatic nitrogens is 2. The molecule has 2 atom stereocenters. The number of aryl methyl sites for hydroxylation is 1. The number of methoxy groups -OCH3 is 1. The maximum atomic E-state index is 12.1. The Labute approximate surface area is 147 Å². The number of halogens is 2. The molecule has 3 heterocycles. The van der Waals surface area contributed by atoms with Gasteiger partial charge in [0, 0.05) is 25.5 Å². The fourth-order valence-electron chi connectivity index (χ4n) is 2.67. The van der Waals surface area contributed by atoms with Gasteiger partial charge in [-0.1, -0.05) is 6.07 Å².